The van der Waals surface area contributed by atoms with Gasteiger partial charge in [-0.15, -0.1) is 0 Å². The van der Waals surface area contributed by atoms with Crippen molar-refractivity contribution < 1.29 is 59.6 Å². The number of nitrogens with one attached hydrogen (secondary N) is 4. The van der Waals surface area contributed by atoms with E-state index < -0.39 is 40.2 Å². The number of furan rings is 2. The predicted molar refractivity (Wildman–Crippen MR) is 249 cm³/mol. The highest BCUT2D eigenvalue weighted by Crippen LogP contribution is 2.25. The van der Waals surface area contributed by atoms with Gasteiger partial charge in [0.05, 0.1) is 31.9 Å². The second-order valence-electron chi connectivity index (χ2n) is 16.0. The highest BCUT2D eigenvalue weighted by atomic mass is 32.2. The summed E-state index contributed by atoms with van der Waals surface area (Å²) in [6, 6.07) is 28.6. The Morgan fingerprint density at radius 3 is 1.67 bits per heavy atom. The number of carbonyl (C=O) groups excluding carboxylic acids is 5. The van der Waals surface area contributed by atoms with Gasteiger partial charge >= 0.3 is 18.2 Å². The average Bonchev–Trinajstić information content (AvgIpc) is 4.20. The first-order valence-corrected chi connectivity index (χ1v) is 23.5. The Morgan fingerprint density at radius 1 is 0.696 bits per heavy atom. The summed E-state index contributed by atoms with van der Waals surface area (Å²) in [5.41, 5.74) is 3.03. The molecule has 3 fully saturated rings. The summed E-state index contributed by atoms with van der Waals surface area (Å²) >= 11 is 0. The van der Waals surface area contributed by atoms with Crippen molar-refractivity contribution in [3.05, 3.63) is 144 Å². The highest BCUT2D eigenvalue weighted by Gasteiger charge is 2.36. The van der Waals surface area contributed by atoms with Gasteiger partial charge in [-0.05, 0) is 85.3 Å². The number of esters is 1. The molecule has 5 heterocycles. The van der Waals surface area contributed by atoms with Crippen LogP contribution in [0.1, 0.15) is 44.7 Å². The lowest BCUT2D eigenvalue weighted by molar-refractivity contribution is -0.151. The minimum atomic E-state index is -3.63. The zero-order valence-corrected chi connectivity index (χ0v) is 38.4. The van der Waals surface area contributed by atoms with E-state index >= 15 is 0 Å². The van der Waals surface area contributed by atoms with Crippen molar-refractivity contribution in [1.29, 1.82) is 10.8 Å². The Bertz CT molecular complexity index is 2710. The molecule has 5 aromatic rings. The number of nitrogens with zero attached hydrogens (tertiary/aromatic N) is 4. The SMILES string of the molecule is CC(C(=O)OCc1ccccc1)N1CCN(CC2CN(c3ccc(C(=N)NC(=O)c4ccco4)cc3)C(=O)O2)CC1.CS(=O)(=O)OCC1CN(c2ccc(C(=N)NC(=O)c3ccco3)cc2)C(=O)O1. The molecule has 0 spiro atoms. The number of ether oxygens (including phenoxy) is 3. The molecule has 69 heavy (non-hydrogen) atoms. The zero-order valence-electron chi connectivity index (χ0n) is 37.6. The average molecular weight is 967 g/mol. The number of amidine groups is 2. The topological polar surface area (TPSA) is 267 Å². The van der Waals surface area contributed by atoms with E-state index in [1.54, 1.807) is 65.6 Å². The molecule has 3 saturated heterocycles. The van der Waals surface area contributed by atoms with Crippen molar-refractivity contribution in [3.63, 3.8) is 0 Å². The van der Waals surface area contributed by atoms with E-state index in [9.17, 15) is 32.4 Å². The fourth-order valence-corrected chi connectivity index (χ4v) is 7.79. The van der Waals surface area contributed by atoms with Crippen LogP contribution in [-0.2, 0) is 39.9 Å². The van der Waals surface area contributed by atoms with E-state index in [-0.39, 0.29) is 61.1 Å². The Kier molecular flexibility index (Phi) is 16.0. The molecule has 4 amide bonds. The molecule has 8 rings (SSSR count). The van der Waals surface area contributed by atoms with Crippen LogP contribution < -0.4 is 20.4 Å². The van der Waals surface area contributed by atoms with Gasteiger partial charge < -0.3 is 33.7 Å². The number of cyclic esters (lactones) is 2. The standard InChI is InChI=1S/C30H33N5O6.C17H17N3O7S/c1-21(29(37)40-20-22-6-3-2-4-7-22)34-15-13-33(14-16-34)18-25-19-35(30(38)41-25)24-11-9-23(10-12-24)27(31)32-28(36)26-8-5-17-39-26;1-28(23,24)26-10-13-9-20(17(22)27-13)12-6-4-11(5-7-12)15(18)19-16(21)14-3-2-8-25-14/h2-12,17,21,25H,13-16,18-20H2,1H3,(H2,31,32,36);2-8,13H,9-10H2,1H3,(H2,18,19,21). The minimum absolute atomic E-state index is 0.0715. The fourth-order valence-electron chi connectivity index (χ4n) is 7.39. The first kappa shape index (κ1) is 49.3. The summed E-state index contributed by atoms with van der Waals surface area (Å²) < 4.78 is 53.0. The molecule has 3 aliphatic rings. The first-order chi connectivity index (χ1) is 33.1. The molecule has 362 valence electrons. The molecule has 0 saturated carbocycles. The van der Waals surface area contributed by atoms with Crippen molar-refractivity contribution in [3.8, 4) is 0 Å². The van der Waals surface area contributed by atoms with Gasteiger partial charge in [-0.25, -0.2) is 9.59 Å². The van der Waals surface area contributed by atoms with Gasteiger partial charge in [0.25, 0.3) is 21.9 Å². The van der Waals surface area contributed by atoms with Crippen molar-refractivity contribution in [2.24, 2.45) is 0 Å². The molecule has 3 aliphatic heterocycles. The number of amides is 4. The molecule has 3 atom stereocenters. The molecule has 21 nitrogen and oxygen atoms in total. The second kappa shape index (κ2) is 22.4. The molecule has 0 bridgehead atoms. The molecule has 2 aromatic heterocycles. The zero-order chi connectivity index (χ0) is 49.1. The number of benzene rings is 3. The molecule has 3 unspecified atom stereocenters. The predicted octanol–water partition coefficient (Wildman–Crippen LogP) is 4.45. The van der Waals surface area contributed by atoms with E-state index in [1.807, 2.05) is 37.3 Å². The maximum atomic E-state index is 12.6. The maximum Gasteiger partial charge on any atom is 0.414 e. The third-order valence-electron chi connectivity index (χ3n) is 11.1. The molecular formula is C47H50N8O13S. The summed E-state index contributed by atoms with van der Waals surface area (Å²) in [4.78, 5) is 68.5. The largest absolute Gasteiger partial charge is 0.460 e. The Morgan fingerprint density at radius 2 is 1.19 bits per heavy atom. The Hall–Kier alpha value is -7.66. The number of anilines is 2. The third-order valence-corrected chi connectivity index (χ3v) is 11.7. The second-order valence-corrected chi connectivity index (χ2v) is 17.7. The number of rotatable bonds is 15. The van der Waals surface area contributed by atoms with Crippen LogP contribution in [0, 0.1) is 10.8 Å². The van der Waals surface area contributed by atoms with E-state index in [1.165, 1.54) is 29.6 Å². The van der Waals surface area contributed by atoms with Crippen LogP contribution in [0.15, 0.2) is 124 Å². The summed E-state index contributed by atoms with van der Waals surface area (Å²) in [6.07, 6.45) is 1.62. The molecule has 0 aliphatic carbocycles. The third kappa shape index (κ3) is 13.5. The van der Waals surface area contributed by atoms with Crippen LogP contribution >= 0.6 is 0 Å². The lowest BCUT2D eigenvalue weighted by atomic mass is 10.1. The molecular weight excluding hydrogens is 917 g/mol. The quantitative estimate of drug-likeness (QED) is 0.0371. The summed E-state index contributed by atoms with van der Waals surface area (Å²) in [7, 11) is -3.63. The van der Waals surface area contributed by atoms with Crippen LogP contribution in [0.25, 0.3) is 0 Å². The van der Waals surface area contributed by atoms with E-state index in [0.717, 1.165) is 38.0 Å². The smallest absolute Gasteiger partial charge is 0.414 e. The van der Waals surface area contributed by atoms with Gasteiger partial charge in [0.15, 0.2) is 11.5 Å². The van der Waals surface area contributed by atoms with Crippen molar-refractivity contribution >= 4 is 63.1 Å². The van der Waals surface area contributed by atoms with Gasteiger partial charge in [0.2, 0.25) is 0 Å². The number of piperazine rings is 1. The van der Waals surface area contributed by atoms with Gasteiger partial charge in [0.1, 0.15) is 43.1 Å². The fraction of sp³-hybridized carbons (Fsp3) is 0.298. The molecule has 3 aromatic carbocycles. The molecule has 4 N–H and O–H groups in total. The van der Waals surface area contributed by atoms with Crippen LogP contribution in [0.4, 0.5) is 21.0 Å². The van der Waals surface area contributed by atoms with Gasteiger partial charge in [-0.1, -0.05) is 30.3 Å². The number of hydrogen-bond acceptors (Lipinski definition) is 17. The monoisotopic (exact) mass is 966 g/mol. The highest BCUT2D eigenvalue weighted by molar-refractivity contribution is 7.86. The number of carbonyl (C=O) groups is 5. The molecule has 22 heteroatoms. The van der Waals surface area contributed by atoms with Crippen LogP contribution in [0.3, 0.4) is 0 Å². The van der Waals surface area contributed by atoms with Crippen LogP contribution in [0.2, 0.25) is 0 Å². The first-order valence-electron chi connectivity index (χ1n) is 21.7. The minimum Gasteiger partial charge on any atom is -0.460 e. The lowest BCUT2D eigenvalue weighted by Gasteiger charge is -2.37. The van der Waals surface area contributed by atoms with E-state index in [2.05, 4.69) is 24.6 Å². The normalized spacial score (nSPS) is 17.8. The van der Waals surface area contributed by atoms with Crippen molar-refractivity contribution in [2.45, 2.75) is 31.8 Å². The summed E-state index contributed by atoms with van der Waals surface area (Å²) in [6.45, 7) is 5.96. The summed E-state index contributed by atoms with van der Waals surface area (Å²) in [5, 5.41) is 21.0. The summed E-state index contributed by atoms with van der Waals surface area (Å²) in [5.74, 6) is -1.28. The Labute approximate surface area is 397 Å². The van der Waals surface area contributed by atoms with Crippen molar-refractivity contribution in [2.75, 3.05) is 68.5 Å². The van der Waals surface area contributed by atoms with Gasteiger partial charge in [-0.3, -0.25) is 49.0 Å². The van der Waals surface area contributed by atoms with E-state index in [0.29, 0.717) is 35.6 Å². The van der Waals surface area contributed by atoms with Gasteiger partial charge in [-0.2, -0.15) is 8.42 Å². The van der Waals surface area contributed by atoms with Crippen LogP contribution in [0.5, 0.6) is 0 Å². The van der Waals surface area contributed by atoms with Crippen LogP contribution in [-0.4, -0.2) is 137 Å². The molecule has 0 radical (unpaired) electrons. The van der Waals surface area contributed by atoms with E-state index in [4.69, 9.17) is 33.9 Å². The van der Waals surface area contributed by atoms with Crippen molar-refractivity contribution in [1.82, 2.24) is 20.4 Å². The maximum absolute atomic E-state index is 12.6. The number of hydrogen-bond donors (Lipinski definition) is 4. The lowest BCUT2D eigenvalue weighted by Crippen LogP contribution is -2.53. The van der Waals surface area contributed by atoms with Gasteiger partial charge in [0, 0.05) is 55.2 Å². The Balaban J connectivity index is 0.000000219.